The molecular formula is C43H78O15P2. The quantitative estimate of drug-likeness (QED) is 0.0146. The lowest BCUT2D eigenvalue weighted by Gasteiger charge is -2.21. The number of ether oxygens (including phenoxy) is 2. The molecule has 0 radical (unpaired) electrons. The van der Waals surface area contributed by atoms with E-state index in [0.29, 0.717) is 12.8 Å². The predicted molar refractivity (Wildman–Crippen MR) is 233 cm³/mol. The molecule has 0 amide bonds. The van der Waals surface area contributed by atoms with E-state index < -0.39 is 78.4 Å². The molecule has 15 nitrogen and oxygen atoms in total. The van der Waals surface area contributed by atoms with Crippen molar-refractivity contribution in [2.45, 2.75) is 180 Å². The second-order valence-corrected chi connectivity index (χ2v) is 17.8. The second kappa shape index (κ2) is 37.5. The number of aliphatic hydroxyl groups is 3. The number of phosphoric acid groups is 2. The molecule has 0 saturated heterocycles. The van der Waals surface area contributed by atoms with Crippen molar-refractivity contribution in [1.29, 1.82) is 0 Å². The van der Waals surface area contributed by atoms with E-state index >= 15 is 0 Å². The molecule has 0 heterocycles. The van der Waals surface area contributed by atoms with Crippen molar-refractivity contribution in [2.75, 3.05) is 26.4 Å². The Labute approximate surface area is 359 Å². The highest BCUT2D eigenvalue weighted by molar-refractivity contribution is 7.47. The first-order valence-corrected chi connectivity index (χ1v) is 24.9. The fourth-order valence-electron chi connectivity index (χ4n) is 5.65. The number of allylic oxidation sites excluding steroid dienone is 7. The SMILES string of the molecule is CC/C=C\C/C=C\C/C=C\C/C=C\C[C@@H](O)[C@H](O)CCCC(=O)O[C@H](COC(=O)CCCCCCCCCCCCC(C)CC)COP(=O)(O)OC[C@@H](O)COP(=O)(O)O. The van der Waals surface area contributed by atoms with E-state index in [1.54, 1.807) is 6.08 Å². The Morgan fingerprint density at radius 2 is 1.07 bits per heavy atom. The van der Waals surface area contributed by atoms with Crippen LogP contribution in [-0.2, 0) is 41.8 Å². The highest BCUT2D eigenvalue weighted by Crippen LogP contribution is 2.43. The number of esters is 2. The number of carbonyl (C=O) groups excluding carboxylic acids is 2. The van der Waals surface area contributed by atoms with Gasteiger partial charge in [-0.2, -0.15) is 0 Å². The van der Waals surface area contributed by atoms with Crippen LogP contribution in [0.25, 0.3) is 0 Å². The zero-order valence-corrected chi connectivity index (χ0v) is 38.2. The fourth-order valence-corrected chi connectivity index (χ4v) is 6.80. The standard InChI is InChI=1S/C43H78O15P2/c1-4-6-7-8-9-10-11-12-16-19-22-25-29-40(45)41(46)30-27-32-43(48)58-39(36-57-60(52,53)56-34-38(44)33-55-59(49,50)51)35-54-42(47)31-26-23-20-17-14-13-15-18-21-24-28-37(3)5-2/h6-7,9-10,12,16,22,25,37-41,44-46H,4-5,8,11,13-15,17-21,23-24,26-36H2,1-3H3,(H,52,53)(H2,49,50,51)/b7-6-,10-9-,16-12-,25-22-/t37?,38-,39+,40+,41+/m0/s1. The van der Waals surface area contributed by atoms with Gasteiger partial charge in [-0.05, 0) is 57.3 Å². The average molecular weight is 897 g/mol. The van der Waals surface area contributed by atoms with Gasteiger partial charge >= 0.3 is 27.6 Å². The molecule has 17 heteroatoms. The Bertz CT molecular complexity index is 1300. The number of hydrogen-bond donors (Lipinski definition) is 6. The molecule has 0 bridgehead atoms. The first-order chi connectivity index (χ1) is 28.6. The highest BCUT2D eigenvalue weighted by atomic mass is 31.2. The van der Waals surface area contributed by atoms with Crippen LogP contribution in [0.4, 0.5) is 0 Å². The Balaban J connectivity index is 4.78. The van der Waals surface area contributed by atoms with Crippen LogP contribution in [0.15, 0.2) is 48.6 Å². The lowest BCUT2D eigenvalue weighted by molar-refractivity contribution is -0.161. The minimum Gasteiger partial charge on any atom is -0.462 e. The second-order valence-electron chi connectivity index (χ2n) is 15.1. The molecule has 0 aromatic carbocycles. The van der Waals surface area contributed by atoms with E-state index in [-0.39, 0.29) is 32.1 Å². The van der Waals surface area contributed by atoms with Crippen molar-refractivity contribution in [1.82, 2.24) is 0 Å². The molecule has 0 spiro atoms. The van der Waals surface area contributed by atoms with Gasteiger partial charge in [0.15, 0.2) is 6.10 Å². The van der Waals surface area contributed by atoms with Crippen LogP contribution in [0.5, 0.6) is 0 Å². The summed E-state index contributed by atoms with van der Waals surface area (Å²) in [6.45, 7) is 3.62. The lowest BCUT2D eigenvalue weighted by atomic mass is 9.99. The predicted octanol–water partition coefficient (Wildman–Crippen LogP) is 8.86. The zero-order valence-electron chi connectivity index (χ0n) is 36.4. The summed E-state index contributed by atoms with van der Waals surface area (Å²) in [5, 5.41) is 30.5. The number of rotatable bonds is 40. The number of unbranched alkanes of at least 4 members (excludes halogenated alkanes) is 9. The van der Waals surface area contributed by atoms with Crippen molar-refractivity contribution in [3.8, 4) is 0 Å². The van der Waals surface area contributed by atoms with Crippen LogP contribution in [0.2, 0.25) is 0 Å². The molecule has 0 aliphatic rings. The van der Waals surface area contributed by atoms with Crippen LogP contribution < -0.4 is 0 Å². The molecular weight excluding hydrogens is 818 g/mol. The van der Waals surface area contributed by atoms with Gasteiger partial charge in [0, 0.05) is 12.8 Å². The van der Waals surface area contributed by atoms with Gasteiger partial charge in [-0.25, -0.2) is 9.13 Å². The summed E-state index contributed by atoms with van der Waals surface area (Å²) in [5.41, 5.74) is 0. The fraction of sp³-hybridized carbons (Fsp3) is 0.767. The van der Waals surface area contributed by atoms with Gasteiger partial charge in [-0.1, -0.05) is 140 Å². The minimum absolute atomic E-state index is 0.0895. The maximum atomic E-state index is 12.7. The van der Waals surface area contributed by atoms with Crippen molar-refractivity contribution < 1.29 is 71.8 Å². The first-order valence-electron chi connectivity index (χ1n) is 21.9. The summed E-state index contributed by atoms with van der Waals surface area (Å²) in [5.74, 6) is -0.512. The molecule has 2 unspecified atom stereocenters. The molecule has 0 aliphatic heterocycles. The van der Waals surface area contributed by atoms with Crippen LogP contribution in [-0.4, -0.2) is 92.8 Å². The summed E-state index contributed by atoms with van der Waals surface area (Å²) in [6.07, 6.45) is 28.5. The molecule has 0 aromatic rings. The Morgan fingerprint density at radius 1 is 0.567 bits per heavy atom. The van der Waals surface area contributed by atoms with Crippen molar-refractivity contribution in [3.63, 3.8) is 0 Å². The van der Waals surface area contributed by atoms with Gasteiger partial charge in [-0.15, -0.1) is 0 Å². The maximum absolute atomic E-state index is 12.7. The van der Waals surface area contributed by atoms with Crippen LogP contribution in [0.3, 0.4) is 0 Å². The normalized spacial score (nSPS) is 16.1. The molecule has 0 rings (SSSR count). The van der Waals surface area contributed by atoms with Crippen LogP contribution in [0.1, 0.15) is 156 Å². The van der Waals surface area contributed by atoms with E-state index in [1.165, 1.54) is 44.9 Å². The van der Waals surface area contributed by atoms with Gasteiger partial charge in [0.2, 0.25) is 0 Å². The average Bonchev–Trinajstić information content (AvgIpc) is 3.20. The molecule has 60 heavy (non-hydrogen) atoms. The van der Waals surface area contributed by atoms with Gasteiger partial charge in [-0.3, -0.25) is 23.2 Å². The largest absolute Gasteiger partial charge is 0.472 e. The third kappa shape index (κ3) is 38.9. The Hall–Kier alpha value is -2.00. The number of hydrogen-bond acceptors (Lipinski definition) is 12. The van der Waals surface area contributed by atoms with E-state index in [1.807, 2.05) is 12.2 Å². The van der Waals surface area contributed by atoms with E-state index in [2.05, 4.69) is 60.2 Å². The summed E-state index contributed by atoms with van der Waals surface area (Å²) in [6, 6.07) is 0. The number of aliphatic hydroxyl groups excluding tert-OH is 3. The summed E-state index contributed by atoms with van der Waals surface area (Å²) in [4.78, 5) is 52.7. The van der Waals surface area contributed by atoms with Crippen molar-refractivity contribution >= 4 is 27.6 Å². The topological polar surface area (TPSA) is 236 Å². The van der Waals surface area contributed by atoms with Gasteiger partial charge in [0.05, 0.1) is 32.0 Å². The van der Waals surface area contributed by atoms with Crippen molar-refractivity contribution in [2.24, 2.45) is 5.92 Å². The van der Waals surface area contributed by atoms with E-state index in [4.69, 9.17) is 23.8 Å². The Morgan fingerprint density at radius 3 is 1.63 bits per heavy atom. The van der Waals surface area contributed by atoms with Crippen LogP contribution >= 0.6 is 15.6 Å². The number of phosphoric ester groups is 2. The zero-order chi connectivity index (χ0) is 44.9. The third-order valence-corrected chi connectivity index (χ3v) is 10.9. The molecule has 350 valence electrons. The molecule has 6 N–H and O–H groups in total. The van der Waals surface area contributed by atoms with Crippen LogP contribution in [0, 0.1) is 5.92 Å². The van der Waals surface area contributed by atoms with E-state index in [0.717, 1.165) is 50.9 Å². The smallest absolute Gasteiger partial charge is 0.462 e. The highest BCUT2D eigenvalue weighted by Gasteiger charge is 2.28. The summed E-state index contributed by atoms with van der Waals surface area (Å²) >= 11 is 0. The van der Waals surface area contributed by atoms with Gasteiger partial charge in [0.25, 0.3) is 0 Å². The first kappa shape index (κ1) is 58.0. The third-order valence-electron chi connectivity index (χ3n) is 9.46. The monoisotopic (exact) mass is 896 g/mol. The molecule has 0 aliphatic carbocycles. The summed E-state index contributed by atoms with van der Waals surface area (Å²) < 4.78 is 47.6. The number of carbonyl (C=O) groups is 2. The molecule has 6 atom stereocenters. The van der Waals surface area contributed by atoms with Gasteiger partial charge < -0.3 is 39.5 Å². The summed E-state index contributed by atoms with van der Waals surface area (Å²) in [7, 11) is -9.79. The molecule has 0 saturated carbocycles. The minimum atomic E-state index is -4.90. The van der Waals surface area contributed by atoms with Crippen molar-refractivity contribution in [3.05, 3.63) is 48.6 Å². The molecule has 0 fully saturated rings. The maximum Gasteiger partial charge on any atom is 0.472 e. The van der Waals surface area contributed by atoms with Gasteiger partial charge in [0.1, 0.15) is 12.7 Å². The Kier molecular flexibility index (Phi) is 36.3. The lowest BCUT2D eigenvalue weighted by Crippen LogP contribution is -2.30. The van der Waals surface area contributed by atoms with E-state index in [9.17, 15) is 38.9 Å². The molecule has 0 aromatic heterocycles.